The predicted octanol–water partition coefficient (Wildman–Crippen LogP) is 3.73. The van der Waals surface area contributed by atoms with Gasteiger partial charge >= 0.3 is 5.97 Å². The van der Waals surface area contributed by atoms with Gasteiger partial charge in [-0.25, -0.2) is 4.39 Å². The second-order valence-corrected chi connectivity index (χ2v) is 9.96. The Morgan fingerprint density at radius 3 is 2.32 bits per heavy atom. The van der Waals surface area contributed by atoms with Gasteiger partial charge < -0.3 is 15.4 Å². The molecule has 0 radical (unpaired) electrons. The zero-order valence-electron chi connectivity index (χ0n) is 18.2. The average Bonchev–Trinajstić information content (AvgIpc) is 2.67. The molecular weight excluding hydrogens is 399 g/mol. The van der Waals surface area contributed by atoms with Crippen LogP contribution < -0.4 is 10.6 Å². The molecule has 4 aliphatic rings. The van der Waals surface area contributed by atoms with Crippen LogP contribution in [0.1, 0.15) is 57.4 Å². The van der Waals surface area contributed by atoms with Crippen LogP contribution in [0.25, 0.3) is 0 Å². The average molecular weight is 431 g/mol. The van der Waals surface area contributed by atoms with E-state index in [2.05, 4.69) is 10.6 Å². The second-order valence-electron chi connectivity index (χ2n) is 9.96. The normalized spacial score (nSPS) is 29.3. The molecule has 2 N–H and O–H groups in total. The van der Waals surface area contributed by atoms with Gasteiger partial charge in [0.15, 0.2) is 6.10 Å². The summed E-state index contributed by atoms with van der Waals surface area (Å²) in [4.78, 5) is 36.8. The first-order chi connectivity index (χ1) is 14.7. The number of anilines is 1. The van der Waals surface area contributed by atoms with Gasteiger partial charge in [0.1, 0.15) is 12.4 Å². The Labute approximate surface area is 182 Å². The van der Waals surface area contributed by atoms with E-state index in [1.165, 1.54) is 32.3 Å². The molecule has 6 nitrogen and oxygen atoms in total. The highest BCUT2D eigenvalue weighted by Crippen LogP contribution is 2.61. The minimum Gasteiger partial charge on any atom is -0.451 e. The van der Waals surface area contributed by atoms with Gasteiger partial charge in [0, 0.05) is 12.1 Å². The lowest BCUT2D eigenvalue weighted by Crippen LogP contribution is -2.48. The molecule has 0 aliphatic heterocycles. The van der Waals surface area contributed by atoms with E-state index in [9.17, 15) is 18.8 Å². The summed E-state index contributed by atoms with van der Waals surface area (Å²) < 4.78 is 18.7. The Balaban J connectivity index is 1.21. The number of esters is 1. The molecule has 0 aromatic heterocycles. The van der Waals surface area contributed by atoms with Crippen molar-refractivity contribution < 1.29 is 23.5 Å². The number of hydrogen-bond donors (Lipinski definition) is 2. The number of nitrogens with one attached hydrogen (secondary N) is 2. The highest BCUT2D eigenvalue weighted by molar-refractivity contribution is 5.95. The maximum absolute atomic E-state index is 13.6. The highest BCUT2D eigenvalue weighted by Gasteiger charge is 2.51. The Kier molecular flexibility index (Phi) is 6.04. The van der Waals surface area contributed by atoms with E-state index in [-0.39, 0.29) is 17.9 Å². The molecule has 0 spiro atoms. The lowest BCUT2D eigenvalue weighted by atomic mass is 9.49. The summed E-state index contributed by atoms with van der Waals surface area (Å²) in [7, 11) is 0. The fourth-order valence-corrected chi connectivity index (χ4v) is 6.29. The smallest absolute Gasteiger partial charge is 0.326 e. The van der Waals surface area contributed by atoms with Crippen LogP contribution in [0.15, 0.2) is 18.2 Å². The molecular formula is C24H31FN2O4. The van der Waals surface area contributed by atoms with E-state index in [1.807, 2.05) is 0 Å². The molecule has 4 fully saturated rings. The third-order valence-electron chi connectivity index (χ3n) is 7.25. The lowest BCUT2D eigenvalue weighted by molar-refractivity contribution is -0.153. The van der Waals surface area contributed by atoms with Crippen LogP contribution in [0.5, 0.6) is 0 Å². The van der Waals surface area contributed by atoms with Gasteiger partial charge in [-0.3, -0.25) is 14.4 Å². The van der Waals surface area contributed by atoms with Gasteiger partial charge in [-0.1, -0.05) is 6.07 Å². The predicted molar refractivity (Wildman–Crippen MR) is 114 cm³/mol. The van der Waals surface area contributed by atoms with Crippen molar-refractivity contribution in [1.29, 1.82) is 0 Å². The standard InChI is InChI=1S/C24H31FN2O4/c1-14-3-4-19(8-20(14)25)27-23(30)15(2)31-22(29)13-26-21(28)12-24-9-16-5-17(10-24)7-18(6-16)11-24/h3-4,8,15-18H,5-7,9-13H2,1-2H3,(H,26,28)(H,27,30)/t15-,16?,17?,18?,24?/m0/s1. The fourth-order valence-electron chi connectivity index (χ4n) is 6.29. The first-order valence-electron chi connectivity index (χ1n) is 11.2. The molecule has 0 saturated heterocycles. The molecule has 0 unspecified atom stereocenters. The van der Waals surface area contributed by atoms with Crippen molar-refractivity contribution in [2.75, 3.05) is 11.9 Å². The van der Waals surface area contributed by atoms with Crippen molar-refractivity contribution >= 4 is 23.5 Å². The molecule has 4 bridgehead atoms. The Morgan fingerprint density at radius 2 is 1.74 bits per heavy atom. The number of ether oxygens (including phenoxy) is 1. The van der Waals surface area contributed by atoms with Crippen molar-refractivity contribution in [1.82, 2.24) is 5.32 Å². The number of benzene rings is 1. The van der Waals surface area contributed by atoms with Crippen molar-refractivity contribution in [3.05, 3.63) is 29.6 Å². The van der Waals surface area contributed by atoms with Gasteiger partial charge in [0.2, 0.25) is 5.91 Å². The van der Waals surface area contributed by atoms with E-state index in [4.69, 9.17) is 4.74 Å². The quantitative estimate of drug-likeness (QED) is 0.646. The molecule has 1 aromatic rings. The van der Waals surface area contributed by atoms with E-state index in [1.54, 1.807) is 19.1 Å². The van der Waals surface area contributed by atoms with Crippen LogP contribution in [0.4, 0.5) is 10.1 Å². The highest BCUT2D eigenvalue weighted by atomic mass is 19.1. The van der Waals surface area contributed by atoms with Crippen LogP contribution in [-0.2, 0) is 19.1 Å². The summed E-state index contributed by atoms with van der Waals surface area (Å²) >= 11 is 0. The molecule has 4 saturated carbocycles. The Hall–Kier alpha value is -2.44. The summed E-state index contributed by atoms with van der Waals surface area (Å²) in [5, 5.41) is 5.19. The zero-order chi connectivity index (χ0) is 22.2. The maximum Gasteiger partial charge on any atom is 0.326 e. The lowest BCUT2D eigenvalue weighted by Gasteiger charge is -2.56. The number of hydrogen-bond acceptors (Lipinski definition) is 4. The molecule has 4 aliphatic carbocycles. The SMILES string of the molecule is Cc1ccc(NC(=O)[C@H](C)OC(=O)CNC(=O)CC23CC4CC(CC(C4)C2)C3)cc1F. The van der Waals surface area contributed by atoms with E-state index >= 15 is 0 Å². The van der Waals surface area contributed by atoms with E-state index in [0.717, 1.165) is 37.0 Å². The van der Waals surface area contributed by atoms with Crippen LogP contribution in [0.2, 0.25) is 0 Å². The van der Waals surface area contributed by atoms with Gasteiger partial charge in [-0.05, 0) is 93.2 Å². The molecule has 2 amide bonds. The van der Waals surface area contributed by atoms with Crippen LogP contribution in [-0.4, -0.2) is 30.4 Å². The number of aryl methyl sites for hydroxylation is 1. The molecule has 5 rings (SSSR count). The van der Waals surface area contributed by atoms with Gasteiger partial charge in [0.25, 0.3) is 5.91 Å². The Bertz CT molecular complexity index is 849. The minimum atomic E-state index is -1.06. The fraction of sp³-hybridized carbons (Fsp3) is 0.625. The summed E-state index contributed by atoms with van der Waals surface area (Å²) in [6, 6.07) is 4.35. The number of carbonyl (C=O) groups excluding carboxylic acids is 3. The first-order valence-corrected chi connectivity index (χ1v) is 11.2. The molecule has 168 valence electrons. The molecule has 31 heavy (non-hydrogen) atoms. The second kappa shape index (κ2) is 8.60. The number of amides is 2. The van der Waals surface area contributed by atoms with Gasteiger partial charge in [0.05, 0.1) is 0 Å². The zero-order valence-corrected chi connectivity index (χ0v) is 18.2. The minimum absolute atomic E-state index is 0.110. The summed E-state index contributed by atoms with van der Waals surface area (Å²) in [6.07, 6.45) is 6.78. The maximum atomic E-state index is 13.6. The number of rotatable bonds is 7. The first kappa shape index (κ1) is 21.8. The van der Waals surface area contributed by atoms with Crippen molar-refractivity contribution in [2.45, 2.75) is 64.9 Å². The number of halogens is 1. The Morgan fingerprint density at radius 1 is 1.13 bits per heavy atom. The third kappa shape index (κ3) is 5.08. The van der Waals surface area contributed by atoms with Gasteiger partial charge in [-0.2, -0.15) is 0 Å². The molecule has 1 aromatic carbocycles. The largest absolute Gasteiger partial charge is 0.451 e. The molecule has 1 atom stereocenters. The summed E-state index contributed by atoms with van der Waals surface area (Å²) in [6.45, 7) is 2.81. The van der Waals surface area contributed by atoms with Crippen LogP contribution >= 0.6 is 0 Å². The third-order valence-corrected chi connectivity index (χ3v) is 7.25. The summed E-state index contributed by atoms with van der Waals surface area (Å²) in [5.41, 5.74) is 0.876. The van der Waals surface area contributed by atoms with E-state index < -0.39 is 23.8 Å². The topological polar surface area (TPSA) is 84.5 Å². The van der Waals surface area contributed by atoms with Gasteiger partial charge in [-0.15, -0.1) is 0 Å². The number of carbonyl (C=O) groups is 3. The molecule has 7 heteroatoms. The van der Waals surface area contributed by atoms with E-state index in [0.29, 0.717) is 17.7 Å². The monoisotopic (exact) mass is 430 g/mol. The molecule has 0 heterocycles. The van der Waals surface area contributed by atoms with Crippen LogP contribution in [0.3, 0.4) is 0 Å². The summed E-state index contributed by atoms with van der Waals surface area (Å²) in [5.74, 6) is 0.532. The van der Waals surface area contributed by atoms with Crippen molar-refractivity contribution in [3.8, 4) is 0 Å². The van der Waals surface area contributed by atoms with Crippen molar-refractivity contribution in [3.63, 3.8) is 0 Å². The van der Waals surface area contributed by atoms with Crippen molar-refractivity contribution in [2.24, 2.45) is 23.2 Å². The van der Waals surface area contributed by atoms with Crippen LogP contribution in [0, 0.1) is 35.9 Å².